The van der Waals surface area contributed by atoms with E-state index in [9.17, 15) is 4.79 Å². The number of hydrogen-bond acceptors (Lipinski definition) is 3. The Morgan fingerprint density at radius 2 is 1.67 bits per heavy atom. The summed E-state index contributed by atoms with van der Waals surface area (Å²) in [6, 6.07) is 8.16. The van der Waals surface area contributed by atoms with Gasteiger partial charge >= 0.3 is 0 Å². The highest BCUT2D eigenvalue weighted by Crippen LogP contribution is 2.19. The van der Waals surface area contributed by atoms with Gasteiger partial charge in [0.15, 0.2) is 0 Å². The van der Waals surface area contributed by atoms with E-state index in [1.807, 2.05) is 19.9 Å². The lowest BCUT2D eigenvalue weighted by molar-refractivity contribution is 0.0943. The molecule has 0 aliphatic heterocycles. The first-order chi connectivity index (χ1) is 9.94. The second kappa shape index (κ2) is 6.39. The van der Waals surface area contributed by atoms with Crippen LogP contribution in [0.2, 0.25) is 0 Å². The van der Waals surface area contributed by atoms with E-state index in [1.165, 1.54) is 11.1 Å². The SMILES string of the molecule is Cc1cc(C)cc(Nc2cncc(C(=O)NC(C)C)c2)c1. The third-order valence-electron chi connectivity index (χ3n) is 2.93. The third kappa shape index (κ3) is 4.31. The van der Waals surface area contributed by atoms with Crippen molar-refractivity contribution in [3.8, 4) is 0 Å². The molecule has 1 amide bonds. The number of aromatic nitrogens is 1. The zero-order chi connectivity index (χ0) is 15.4. The number of anilines is 2. The van der Waals surface area contributed by atoms with E-state index in [4.69, 9.17) is 0 Å². The second-order valence-corrected chi connectivity index (χ2v) is 5.59. The van der Waals surface area contributed by atoms with E-state index in [0.717, 1.165) is 11.4 Å². The maximum absolute atomic E-state index is 12.0. The van der Waals surface area contributed by atoms with Crippen molar-refractivity contribution in [2.45, 2.75) is 33.7 Å². The van der Waals surface area contributed by atoms with Crippen LogP contribution in [0.4, 0.5) is 11.4 Å². The molecule has 1 heterocycles. The molecule has 2 N–H and O–H groups in total. The minimum atomic E-state index is -0.110. The molecule has 0 saturated heterocycles. The van der Waals surface area contributed by atoms with E-state index in [0.29, 0.717) is 5.56 Å². The molecule has 0 atom stereocenters. The highest BCUT2D eigenvalue weighted by atomic mass is 16.1. The van der Waals surface area contributed by atoms with Crippen LogP contribution < -0.4 is 10.6 Å². The van der Waals surface area contributed by atoms with Gasteiger partial charge in [0.2, 0.25) is 0 Å². The number of hydrogen-bond donors (Lipinski definition) is 2. The van der Waals surface area contributed by atoms with Crippen molar-refractivity contribution in [3.63, 3.8) is 0 Å². The topological polar surface area (TPSA) is 54.0 Å². The number of aryl methyl sites for hydroxylation is 2. The molecule has 2 aromatic rings. The van der Waals surface area contributed by atoms with Gasteiger partial charge in [-0.15, -0.1) is 0 Å². The Bertz CT molecular complexity index is 630. The summed E-state index contributed by atoms with van der Waals surface area (Å²) in [6.45, 7) is 7.98. The van der Waals surface area contributed by atoms with E-state index in [-0.39, 0.29) is 11.9 Å². The van der Waals surface area contributed by atoms with Gasteiger partial charge in [0.1, 0.15) is 0 Å². The fourth-order valence-corrected chi connectivity index (χ4v) is 2.19. The van der Waals surface area contributed by atoms with E-state index in [2.05, 4.69) is 47.7 Å². The lowest BCUT2D eigenvalue weighted by atomic mass is 10.1. The number of amides is 1. The molecule has 21 heavy (non-hydrogen) atoms. The Labute approximate surface area is 125 Å². The van der Waals surface area contributed by atoms with Gasteiger partial charge in [-0.1, -0.05) is 6.07 Å². The van der Waals surface area contributed by atoms with Crippen LogP contribution >= 0.6 is 0 Å². The monoisotopic (exact) mass is 283 g/mol. The summed E-state index contributed by atoms with van der Waals surface area (Å²) < 4.78 is 0. The van der Waals surface area contributed by atoms with Crippen LogP contribution in [-0.2, 0) is 0 Å². The summed E-state index contributed by atoms with van der Waals surface area (Å²) in [5, 5.41) is 6.15. The van der Waals surface area contributed by atoms with Gasteiger partial charge in [0.25, 0.3) is 5.91 Å². The number of nitrogens with one attached hydrogen (secondary N) is 2. The molecule has 0 aliphatic rings. The summed E-state index contributed by atoms with van der Waals surface area (Å²) in [7, 11) is 0. The van der Waals surface area contributed by atoms with Crippen LogP contribution in [0.15, 0.2) is 36.7 Å². The van der Waals surface area contributed by atoms with Crippen LogP contribution in [-0.4, -0.2) is 16.9 Å². The summed E-state index contributed by atoms with van der Waals surface area (Å²) >= 11 is 0. The smallest absolute Gasteiger partial charge is 0.253 e. The molecule has 110 valence electrons. The molecule has 0 bridgehead atoms. The molecule has 0 aliphatic carbocycles. The average molecular weight is 283 g/mol. The zero-order valence-corrected chi connectivity index (χ0v) is 12.9. The minimum Gasteiger partial charge on any atom is -0.354 e. The average Bonchev–Trinajstić information content (AvgIpc) is 2.37. The largest absolute Gasteiger partial charge is 0.354 e. The maximum atomic E-state index is 12.0. The highest BCUT2D eigenvalue weighted by molar-refractivity contribution is 5.95. The molecule has 0 spiro atoms. The first-order valence-corrected chi connectivity index (χ1v) is 7.05. The van der Waals surface area contributed by atoms with Crippen molar-refractivity contribution in [2.24, 2.45) is 0 Å². The predicted octanol–water partition coefficient (Wildman–Crippen LogP) is 3.58. The molecule has 0 unspecified atom stereocenters. The van der Waals surface area contributed by atoms with Crippen molar-refractivity contribution in [1.82, 2.24) is 10.3 Å². The quantitative estimate of drug-likeness (QED) is 0.901. The van der Waals surface area contributed by atoms with E-state index >= 15 is 0 Å². The molecular weight excluding hydrogens is 262 g/mol. The van der Waals surface area contributed by atoms with Gasteiger partial charge in [-0.3, -0.25) is 9.78 Å². The van der Waals surface area contributed by atoms with Gasteiger partial charge in [-0.2, -0.15) is 0 Å². The number of nitrogens with zero attached hydrogens (tertiary/aromatic N) is 1. The van der Waals surface area contributed by atoms with Crippen molar-refractivity contribution in [1.29, 1.82) is 0 Å². The molecule has 4 nitrogen and oxygen atoms in total. The Balaban J connectivity index is 2.19. The summed E-state index contributed by atoms with van der Waals surface area (Å²) in [6.07, 6.45) is 3.29. The van der Waals surface area contributed by atoms with Crippen LogP contribution in [0.3, 0.4) is 0 Å². The normalized spacial score (nSPS) is 10.5. The lowest BCUT2D eigenvalue weighted by Crippen LogP contribution is -2.30. The van der Waals surface area contributed by atoms with Gasteiger partial charge < -0.3 is 10.6 Å². The predicted molar refractivity (Wildman–Crippen MR) is 86.0 cm³/mol. The molecule has 1 aromatic heterocycles. The fourth-order valence-electron chi connectivity index (χ4n) is 2.19. The van der Waals surface area contributed by atoms with Crippen molar-refractivity contribution >= 4 is 17.3 Å². The molecule has 0 fully saturated rings. The van der Waals surface area contributed by atoms with Crippen molar-refractivity contribution in [3.05, 3.63) is 53.3 Å². The van der Waals surface area contributed by atoms with Gasteiger partial charge in [-0.25, -0.2) is 0 Å². The second-order valence-electron chi connectivity index (χ2n) is 5.59. The Morgan fingerprint density at radius 1 is 1.00 bits per heavy atom. The minimum absolute atomic E-state index is 0.105. The standard InChI is InChI=1S/C17H21N3O/c1-11(2)19-17(21)14-8-16(10-18-9-14)20-15-6-12(3)5-13(4)7-15/h5-11,20H,1-4H3,(H,19,21). The first-order valence-electron chi connectivity index (χ1n) is 7.05. The Kier molecular flexibility index (Phi) is 4.58. The Morgan fingerprint density at radius 3 is 2.29 bits per heavy atom. The third-order valence-corrected chi connectivity index (χ3v) is 2.93. The molecule has 0 radical (unpaired) electrons. The highest BCUT2D eigenvalue weighted by Gasteiger charge is 2.08. The van der Waals surface area contributed by atoms with Gasteiger partial charge in [0, 0.05) is 17.9 Å². The summed E-state index contributed by atoms with van der Waals surface area (Å²) in [5.41, 5.74) is 4.74. The first kappa shape index (κ1) is 15.0. The van der Waals surface area contributed by atoms with Crippen LogP contribution in [0.1, 0.15) is 35.3 Å². The number of benzene rings is 1. The molecule has 4 heteroatoms. The Hall–Kier alpha value is -2.36. The van der Waals surface area contributed by atoms with Gasteiger partial charge in [0.05, 0.1) is 17.4 Å². The van der Waals surface area contributed by atoms with E-state index < -0.39 is 0 Å². The molecular formula is C17H21N3O. The zero-order valence-electron chi connectivity index (χ0n) is 12.9. The van der Waals surface area contributed by atoms with Crippen LogP contribution in [0.5, 0.6) is 0 Å². The van der Waals surface area contributed by atoms with Crippen molar-refractivity contribution in [2.75, 3.05) is 5.32 Å². The summed E-state index contributed by atoms with van der Waals surface area (Å²) in [4.78, 5) is 16.1. The maximum Gasteiger partial charge on any atom is 0.253 e. The van der Waals surface area contributed by atoms with Crippen LogP contribution in [0, 0.1) is 13.8 Å². The van der Waals surface area contributed by atoms with E-state index in [1.54, 1.807) is 12.4 Å². The molecule has 1 aromatic carbocycles. The fraction of sp³-hybridized carbons (Fsp3) is 0.294. The number of rotatable bonds is 4. The number of pyridine rings is 1. The van der Waals surface area contributed by atoms with Gasteiger partial charge in [-0.05, 0) is 57.0 Å². The summed E-state index contributed by atoms with van der Waals surface area (Å²) in [5.74, 6) is -0.110. The number of carbonyl (C=O) groups is 1. The van der Waals surface area contributed by atoms with Crippen LogP contribution in [0.25, 0.3) is 0 Å². The lowest BCUT2D eigenvalue weighted by Gasteiger charge is -2.11. The van der Waals surface area contributed by atoms with Crippen molar-refractivity contribution < 1.29 is 4.79 Å². The molecule has 0 saturated carbocycles. The number of carbonyl (C=O) groups excluding carboxylic acids is 1. The molecule has 2 rings (SSSR count).